The first-order chi connectivity index (χ1) is 25.3. The highest BCUT2D eigenvalue weighted by Gasteiger charge is 2.42. The molecule has 0 atom stereocenters. The van der Waals surface area contributed by atoms with Crippen LogP contribution in [0.3, 0.4) is 0 Å². The van der Waals surface area contributed by atoms with E-state index in [0.29, 0.717) is 0 Å². The molecule has 0 radical (unpaired) electrons. The fraction of sp³-hybridized carbons (Fsp3) is 0.321. The van der Waals surface area contributed by atoms with Crippen LogP contribution in [-0.4, -0.2) is 0 Å². The van der Waals surface area contributed by atoms with Gasteiger partial charge in [0.1, 0.15) is 0 Å². The molecule has 0 amide bonds. The molecule has 1 heteroatoms. The molecule has 3 aliphatic rings. The third kappa shape index (κ3) is 4.83. The van der Waals surface area contributed by atoms with E-state index in [4.69, 9.17) is 0 Å². The van der Waals surface area contributed by atoms with Crippen molar-refractivity contribution in [3.05, 3.63) is 160 Å². The van der Waals surface area contributed by atoms with Crippen LogP contribution < -0.4 is 4.90 Å². The fourth-order valence-electron chi connectivity index (χ4n) is 10.2. The lowest BCUT2D eigenvalue weighted by atomic mass is 9.71. The van der Waals surface area contributed by atoms with E-state index in [-0.39, 0.29) is 27.1 Å². The average molecular weight is 706 g/mol. The van der Waals surface area contributed by atoms with Gasteiger partial charge in [-0.3, -0.25) is 0 Å². The molecule has 6 aromatic rings. The van der Waals surface area contributed by atoms with Crippen molar-refractivity contribution in [1.29, 1.82) is 0 Å². The summed E-state index contributed by atoms with van der Waals surface area (Å²) < 4.78 is 0. The Balaban J connectivity index is 1.29. The van der Waals surface area contributed by atoms with Gasteiger partial charge in [0.2, 0.25) is 0 Å². The molecule has 6 aromatic carbocycles. The van der Waals surface area contributed by atoms with Gasteiger partial charge in [-0.25, -0.2) is 0 Å². The van der Waals surface area contributed by atoms with Crippen molar-refractivity contribution in [2.24, 2.45) is 0 Å². The molecular formula is C53H55N. The normalized spacial score (nSPS) is 16.6. The molecule has 272 valence electrons. The number of nitrogens with zero attached hydrogens (tertiary/aromatic N) is 1. The van der Waals surface area contributed by atoms with Crippen LogP contribution in [0.15, 0.2) is 115 Å². The van der Waals surface area contributed by atoms with Gasteiger partial charge in [0.05, 0.1) is 0 Å². The molecule has 0 saturated heterocycles. The molecule has 0 fully saturated rings. The quantitative estimate of drug-likeness (QED) is 0.177. The van der Waals surface area contributed by atoms with E-state index in [9.17, 15) is 0 Å². The predicted octanol–water partition coefficient (Wildman–Crippen LogP) is 14.7. The first kappa shape index (κ1) is 34.9. The van der Waals surface area contributed by atoms with Crippen molar-refractivity contribution in [3.8, 4) is 33.4 Å². The molecule has 0 spiro atoms. The fourth-order valence-corrected chi connectivity index (χ4v) is 10.2. The van der Waals surface area contributed by atoms with Crippen molar-refractivity contribution < 1.29 is 0 Å². The minimum absolute atomic E-state index is 0.0170. The van der Waals surface area contributed by atoms with E-state index in [2.05, 4.69) is 203 Å². The van der Waals surface area contributed by atoms with E-state index in [1.165, 1.54) is 95.0 Å². The van der Waals surface area contributed by atoms with Gasteiger partial charge >= 0.3 is 0 Å². The molecule has 0 heterocycles. The molecule has 0 unspecified atom stereocenters. The van der Waals surface area contributed by atoms with Crippen LogP contribution >= 0.6 is 0 Å². The van der Waals surface area contributed by atoms with Gasteiger partial charge in [-0.05, 0) is 125 Å². The number of rotatable bonds is 3. The van der Waals surface area contributed by atoms with Crippen LogP contribution in [-0.2, 0) is 27.1 Å². The maximum absolute atomic E-state index is 2.53. The second kappa shape index (κ2) is 11.1. The smallest absolute Gasteiger partial charge is 0.0468 e. The third-order valence-corrected chi connectivity index (χ3v) is 13.3. The Morgan fingerprint density at radius 2 is 0.815 bits per heavy atom. The van der Waals surface area contributed by atoms with Gasteiger partial charge in [0.15, 0.2) is 0 Å². The summed E-state index contributed by atoms with van der Waals surface area (Å²) in [7, 11) is 0. The Morgan fingerprint density at radius 1 is 0.370 bits per heavy atom. The maximum Gasteiger partial charge on any atom is 0.0468 e. The molecule has 0 aliphatic heterocycles. The predicted molar refractivity (Wildman–Crippen MR) is 231 cm³/mol. The highest BCUT2D eigenvalue weighted by atomic mass is 15.1. The maximum atomic E-state index is 2.53. The van der Waals surface area contributed by atoms with Gasteiger partial charge in [0, 0.05) is 33.3 Å². The van der Waals surface area contributed by atoms with Crippen LogP contribution in [0.4, 0.5) is 17.1 Å². The molecule has 54 heavy (non-hydrogen) atoms. The zero-order valence-electron chi connectivity index (χ0n) is 34.4. The lowest BCUT2D eigenvalue weighted by Gasteiger charge is -2.32. The first-order valence-corrected chi connectivity index (χ1v) is 19.9. The molecule has 1 nitrogen and oxygen atoms in total. The Bertz CT molecular complexity index is 2430. The van der Waals surface area contributed by atoms with Gasteiger partial charge in [-0.2, -0.15) is 0 Å². The molecule has 0 N–H and O–H groups in total. The second-order valence-corrected chi connectivity index (χ2v) is 19.9. The zero-order valence-corrected chi connectivity index (χ0v) is 34.4. The minimum atomic E-state index is -0.111. The zero-order chi connectivity index (χ0) is 38.3. The summed E-state index contributed by atoms with van der Waals surface area (Å²) in [4.78, 5) is 2.53. The Hall–Kier alpha value is -4.88. The standard InChI is InChI=1S/C53H55N/c1-49(2,3)32-27-41-40-29-33(23-26-44(40)53(11,12)48(41)47(28-32)50(4,5)6)54(34-21-24-38-36-17-13-15-19-42(36)51(7,8)45(38)30-34)35-22-25-39-37-18-14-16-20-43(37)52(9,10)46(39)31-35/h13-31H,1-12H3. The van der Waals surface area contributed by atoms with Crippen LogP contribution in [0.25, 0.3) is 33.4 Å². The number of fused-ring (bicyclic) bond motifs is 9. The van der Waals surface area contributed by atoms with E-state index in [1.54, 1.807) is 0 Å². The van der Waals surface area contributed by atoms with Crippen molar-refractivity contribution >= 4 is 17.1 Å². The lowest BCUT2D eigenvalue weighted by molar-refractivity contribution is 0.545. The van der Waals surface area contributed by atoms with Crippen LogP contribution in [0, 0.1) is 0 Å². The highest BCUT2D eigenvalue weighted by Crippen LogP contribution is 2.56. The number of hydrogen-bond donors (Lipinski definition) is 0. The minimum Gasteiger partial charge on any atom is -0.310 e. The Kier molecular flexibility index (Phi) is 7.16. The van der Waals surface area contributed by atoms with Crippen molar-refractivity contribution in [2.75, 3.05) is 4.90 Å². The van der Waals surface area contributed by atoms with Crippen molar-refractivity contribution in [2.45, 2.75) is 110 Å². The summed E-state index contributed by atoms with van der Waals surface area (Å²) in [6, 6.07) is 44.6. The summed E-state index contributed by atoms with van der Waals surface area (Å²) >= 11 is 0. The van der Waals surface area contributed by atoms with E-state index < -0.39 is 0 Å². The molecular weight excluding hydrogens is 651 g/mol. The molecule has 0 saturated carbocycles. The molecule has 3 aliphatic carbocycles. The van der Waals surface area contributed by atoms with Gasteiger partial charge in [0.25, 0.3) is 0 Å². The van der Waals surface area contributed by atoms with Crippen molar-refractivity contribution in [1.82, 2.24) is 0 Å². The number of anilines is 3. The molecule has 0 bridgehead atoms. The highest BCUT2D eigenvalue weighted by molar-refractivity contribution is 5.91. The first-order valence-electron chi connectivity index (χ1n) is 19.9. The molecule has 0 aromatic heterocycles. The number of benzene rings is 6. The number of hydrogen-bond acceptors (Lipinski definition) is 1. The van der Waals surface area contributed by atoms with E-state index in [1.807, 2.05) is 0 Å². The third-order valence-electron chi connectivity index (χ3n) is 13.3. The lowest BCUT2D eigenvalue weighted by Crippen LogP contribution is -2.24. The van der Waals surface area contributed by atoms with Crippen LogP contribution in [0.5, 0.6) is 0 Å². The average Bonchev–Trinajstić information content (AvgIpc) is 3.60. The molecule has 9 rings (SSSR count). The Morgan fingerprint density at radius 3 is 1.31 bits per heavy atom. The van der Waals surface area contributed by atoms with Gasteiger partial charge in [-0.15, -0.1) is 0 Å². The summed E-state index contributed by atoms with van der Waals surface area (Å²) in [5.41, 5.74) is 22.8. The van der Waals surface area contributed by atoms with Crippen LogP contribution in [0.2, 0.25) is 0 Å². The van der Waals surface area contributed by atoms with Crippen molar-refractivity contribution in [3.63, 3.8) is 0 Å². The van der Waals surface area contributed by atoms with Gasteiger partial charge in [-0.1, -0.05) is 162 Å². The topological polar surface area (TPSA) is 3.24 Å². The summed E-state index contributed by atoms with van der Waals surface area (Å²) in [5.74, 6) is 0. The monoisotopic (exact) mass is 705 g/mol. The van der Waals surface area contributed by atoms with E-state index >= 15 is 0 Å². The van der Waals surface area contributed by atoms with E-state index in [0.717, 1.165) is 0 Å². The Labute approximate surface area is 324 Å². The van der Waals surface area contributed by atoms with Gasteiger partial charge < -0.3 is 4.90 Å². The summed E-state index contributed by atoms with van der Waals surface area (Å²) in [6.45, 7) is 28.6. The van der Waals surface area contributed by atoms with Crippen LogP contribution in [0.1, 0.15) is 128 Å². The summed E-state index contributed by atoms with van der Waals surface area (Å²) in [5, 5.41) is 0. The largest absolute Gasteiger partial charge is 0.310 e. The summed E-state index contributed by atoms with van der Waals surface area (Å²) in [6.07, 6.45) is 0. The second-order valence-electron chi connectivity index (χ2n) is 19.9. The SMILES string of the molecule is CC(C)(C)c1cc2c(c(C(C)(C)C)c1)C(C)(C)c1ccc(N(c3ccc4c(c3)C(C)(C)c3ccccc3-4)c3ccc4c(c3)C(C)(C)c3ccccc3-4)cc1-2.